The molecule has 2 rings (SSSR count). The van der Waals surface area contributed by atoms with E-state index in [9.17, 15) is 19.8 Å². The summed E-state index contributed by atoms with van der Waals surface area (Å²) in [6.45, 7) is 7.92. The molecule has 0 saturated carbocycles. The summed E-state index contributed by atoms with van der Waals surface area (Å²) in [4.78, 5) is 26.1. The number of carbonyl (C=O) groups is 2. The standard InChI is InChI=1S/C21H25NO4.Na/c1-4-22(12-11-14(2)3)15-9-10-18(19(23)13-15)20(24)16-7-5-6-8-17(16)21(25)26;/h5-10,13-14,23H,4,11-12H2,1-3H3,(H,25,26);/q;+1/p-1. The summed E-state index contributed by atoms with van der Waals surface area (Å²) in [6, 6.07) is 10.6. The molecule has 0 atom stereocenters. The first kappa shape index (κ1) is 23.2. The Bertz CT molecular complexity index is 805. The zero-order valence-corrected chi connectivity index (χ0v) is 18.4. The van der Waals surface area contributed by atoms with Crippen molar-refractivity contribution in [2.45, 2.75) is 27.2 Å². The number of benzene rings is 2. The molecule has 0 radical (unpaired) electrons. The van der Waals surface area contributed by atoms with E-state index in [1.54, 1.807) is 18.2 Å². The molecule has 27 heavy (non-hydrogen) atoms. The normalized spacial score (nSPS) is 10.4. The first-order valence-corrected chi connectivity index (χ1v) is 8.78. The molecular weight excluding hydrogens is 353 g/mol. The van der Waals surface area contributed by atoms with Gasteiger partial charge in [-0.3, -0.25) is 4.79 Å². The van der Waals surface area contributed by atoms with Crippen LogP contribution in [0.4, 0.5) is 5.69 Å². The molecule has 5 nitrogen and oxygen atoms in total. The van der Waals surface area contributed by atoms with E-state index in [1.165, 1.54) is 24.3 Å². The summed E-state index contributed by atoms with van der Waals surface area (Å²) in [6.07, 6.45) is 1.01. The quantitative estimate of drug-likeness (QED) is 0.537. The topological polar surface area (TPSA) is 80.7 Å². The van der Waals surface area contributed by atoms with Crippen LogP contribution >= 0.6 is 0 Å². The Labute approximate surface area is 182 Å². The first-order chi connectivity index (χ1) is 12.3. The second kappa shape index (κ2) is 10.5. The Kier molecular flexibility index (Phi) is 9.03. The van der Waals surface area contributed by atoms with Gasteiger partial charge >= 0.3 is 35.5 Å². The average Bonchev–Trinajstić information content (AvgIpc) is 2.61. The Morgan fingerprint density at radius 3 is 2.22 bits per heavy atom. The number of anilines is 1. The third-order valence-corrected chi connectivity index (χ3v) is 4.34. The summed E-state index contributed by atoms with van der Waals surface area (Å²) in [5.41, 5.74) is 0.689. The number of hydrogen-bond acceptors (Lipinski definition) is 4. The molecule has 0 amide bonds. The predicted molar refractivity (Wildman–Crippen MR) is 100 cm³/mol. The van der Waals surface area contributed by atoms with Gasteiger partial charge in [-0.2, -0.15) is 0 Å². The molecule has 0 bridgehead atoms. The molecular formula is C21H24NNaO4. The van der Waals surface area contributed by atoms with Gasteiger partial charge in [0.05, 0.1) is 5.56 Å². The molecule has 0 heterocycles. The molecule has 1 N–H and O–H groups in total. The molecule has 0 fully saturated rings. The SMILES string of the molecule is CCN(CCC(C)C)c1ccc(C(=O)c2ccccc2C(=O)O)c([O-])c1.[Na+]. The fraction of sp³-hybridized carbons (Fsp3) is 0.333. The van der Waals surface area contributed by atoms with Crippen LogP contribution in [0.25, 0.3) is 0 Å². The van der Waals surface area contributed by atoms with Crippen molar-refractivity contribution in [1.29, 1.82) is 0 Å². The van der Waals surface area contributed by atoms with Gasteiger partial charge in [-0.15, -0.1) is 0 Å². The van der Waals surface area contributed by atoms with Crippen LogP contribution < -0.4 is 39.6 Å². The van der Waals surface area contributed by atoms with Gasteiger partial charge in [-0.25, -0.2) is 4.79 Å². The molecule has 2 aromatic carbocycles. The zero-order valence-electron chi connectivity index (χ0n) is 16.4. The van der Waals surface area contributed by atoms with Crippen molar-refractivity contribution in [3.63, 3.8) is 0 Å². The molecule has 0 unspecified atom stereocenters. The molecule has 2 aromatic rings. The molecule has 0 aromatic heterocycles. The maximum absolute atomic E-state index is 12.7. The predicted octanol–water partition coefficient (Wildman–Crippen LogP) is 0.566. The molecule has 0 aliphatic heterocycles. The van der Waals surface area contributed by atoms with E-state index in [0.717, 1.165) is 25.2 Å². The number of hydrogen-bond donors (Lipinski definition) is 1. The minimum atomic E-state index is -1.19. The summed E-state index contributed by atoms with van der Waals surface area (Å²) in [7, 11) is 0. The Hall–Kier alpha value is -1.82. The van der Waals surface area contributed by atoms with Crippen molar-refractivity contribution in [2.75, 3.05) is 18.0 Å². The molecule has 0 spiro atoms. The summed E-state index contributed by atoms with van der Waals surface area (Å²) >= 11 is 0. The molecule has 0 saturated heterocycles. The Balaban J connectivity index is 0.00000364. The van der Waals surface area contributed by atoms with Gasteiger partial charge in [0.1, 0.15) is 0 Å². The Morgan fingerprint density at radius 2 is 1.70 bits per heavy atom. The fourth-order valence-electron chi connectivity index (χ4n) is 2.79. The van der Waals surface area contributed by atoms with Gasteiger partial charge in [0.2, 0.25) is 0 Å². The van der Waals surface area contributed by atoms with Crippen molar-refractivity contribution in [3.8, 4) is 5.75 Å². The molecule has 138 valence electrons. The average molecular weight is 377 g/mol. The Morgan fingerprint density at radius 1 is 1.07 bits per heavy atom. The van der Waals surface area contributed by atoms with E-state index >= 15 is 0 Å². The van der Waals surface area contributed by atoms with E-state index in [2.05, 4.69) is 18.7 Å². The van der Waals surface area contributed by atoms with Gasteiger partial charge in [-0.1, -0.05) is 37.8 Å². The summed E-state index contributed by atoms with van der Waals surface area (Å²) in [5.74, 6) is -1.59. The smallest absolute Gasteiger partial charge is 0.872 e. The van der Waals surface area contributed by atoms with Crippen molar-refractivity contribution in [2.24, 2.45) is 5.92 Å². The third kappa shape index (κ3) is 5.83. The first-order valence-electron chi connectivity index (χ1n) is 8.78. The molecule has 0 aliphatic rings. The van der Waals surface area contributed by atoms with Crippen LogP contribution in [0.2, 0.25) is 0 Å². The minimum Gasteiger partial charge on any atom is -0.872 e. The van der Waals surface area contributed by atoms with Gasteiger partial charge in [-0.05, 0) is 43.5 Å². The monoisotopic (exact) mass is 377 g/mol. The largest absolute Gasteiger partial charge is 1.00 e. The number of nitrogens with zero attached hydrogens (tertiary/aromatic N) is 1. The number of aromatic carboxylic acids is 1. The summed E-state index contributed by atoms with van der Waals surface area (Å²) in [5, 5.41) is 21.7. The van der Waals surface area contributed by atoms with Crippen molar-refractivity contribution in [1.82, 2.24) is 0 Å². The minimum absolute atomic E-state index is 0. The number of ketones is 1. The van der Waals surface area contributed by atoms with Gasteiger partial charge in [0.15, 0.2) is 5.78 Å². The number of carboxylic acids is 1. The van der Waals surface area contributed by atoms with Crippen molar-refractivity contribution >= 4 is 17.4 Å². The van der Waals surface area contributed by atoms with Gasteiger partial charge < -0.3 is 15.1 Å². The maximum atomic E-state index is 12.7. The van der Waals surface area contributed by atoms with E-state index < -0.39 is 17.5 Å². The van der Waals surface area contributed by atoms with Gasteiger partial charge in [0.25, 0.3) is 0 Å². The van der Waals surface area contributed by atoms with Crippen LogP contribution in [0, 0.1) is 5.92 Å². The second-order valence-electron chi connectivity index (χ2n) is 6.62. The maximum Gasteiger partial charge on any atom is 1.00 e. The van der Waals surface area contributed by atoms with Gasteiger partial charge in [0, 0.05) is 29.9 Å². The fourth-order valence-corrected chi connectivity index (χ4v) is 2.79. The summed E-state index contributed by atoms with van der Waals surface area (Å²) < 4.78 is 0. The van der Waals surface area contributed by atoms with Crippen LogP contribution in [0.1, 0.15) is 53.5 Å². The van der Waals surface area contributed by atoms with Crippen LogP contribution in [0.3, 0.4) is 0 Å². The van der Waals surface area contributed by atoms with E-state index in [4.69, 9.17) is 0 Å². The number of carboxylic acid groups (broad SMARTS) is 1. The number of rotatable bonds is 8. The molecule has 6 heteroatoms. The zero-order chi connectivity index (χ0) is 19.3. The number of carbonyl (C=O) groups excluding carboxylic acids is 1. The van der Waals surface area contributed by atoms with E-state index in [-0.39, 0.29) is 46.2 Å². The van der Waals surface area contributed by atoms with Crippen LogP contribution in [-0.2, 0) is 0 Å². The van der Waals surface area contributed by atoms with Crippen molar-refractivity contribution < 1.29 is 49.4 Å². The van der Waals surface area contributed by atoms with Crippen LogP contribution in [0.15, 0.2) is 42.5 Å². The van der Waals surface area contributed by atoms with E-state index in [0.29, 0.717) is 5.92 Å². The van der Waals surface area contributed by atoms with E-state index in [1.807, 2.05) is 6.92 Å². The van der Waals surface area contributed by atoms with Crippen LogP contribution in [0.5, 0.6) is 5.75 Å². The van der Waals surface area contributed by atoms with Crippen molar-refractivity contribution in [3.05, 3.63) is 59.2 Å². The van der Waals surface area contributed by atoms with Crippen LogP contribution in [-0.4, -0.2) is 29.9 Å². The third-order valence-electron chi connectivity index (χ3n) is 4.34. The molecule has 0 aliphatic carbocycles. The second-order valence-corrected chi connectivity index (χ2v) is 6.62.